The predicted molar refractivity (Wildman–Crippen MR) is 119 cm³/mol. The molecule has 3 aromatic rings. The van der Waals surface area contributed by atoms with Gasteiger partial charge in [0, 0.05) is 19.3 Å². The first-order chi connectivity index (χ1) is 13.4. The molecule has 28 heavy (non-hydrogen) atoms. The minimum absolute atomic E-state index is 0.225. The van der Waals surface area contributed by atoms with Crippen LogP contribution in [-0.2, 0) is 0 Å². The van der Waals surface area contributed by atoms with Gasteiger partial charge in [-0.3, -0.25) is 14.4 Å². The van der Waals surface area contributed by atoms with E-state index in [1.807, 2.05) is 12.1 Å². The van der Waals surface area contributed by atoms with Crippen LogP contribution in [0, 0.1) is 3.57 Å². The zero-order valence-electron chi connectivity index (χ0n) is 14.3. The number of nitrogens with zero attached hydrogens (tertiary/aromatic N) is 1. The Morgan fingerprint density at radius 3 is 2.18 bits per heavy atom. The lowest BCUT2D eigenvalue weighted by molar-refractivity contribution is 0.0925. The number of halogens is 2. The lowest BCUT2D eigenvalue weighted by Gasteiger charge is -2.13. The number of hydrogen-bond acceptors (Lipinski definition) is 3. The van der Waals surface area contributed by atoms with E-state index in [0.717, 1.165) is 12.9 Å². The summed E-state index contributed by atoms with van der Waals surface area (Å²) in [6.07, 6.45) is 0. The minimum atomic E-state index is -0.439. The molecule has 0 saturated heterocycles. The van der Waals surface area contributed by atoms with Gasteiger partial charge in [-0.2, -0.15) is 0 Å². The molecule has 0 fully saturated rings. The van der Waals surface area contributed by atoms with E-state index < -0.39 is 11.8 Å². The molecule has 1 heterocycles. The maximum atomic E-state index is 12.8. The van der Waals surface area contributed by atoms with Crippen LogP contribution >= 0.6 is 38.5 Å². The van der Waals surface area contributed by atoms with Gasteiger partial charge in [0.1, 0.15) is 0 Å². The van der Waals surface area contributed by atoms with Crippen LogP contribution in [0.25, 0.3) is 0 Å². The zero-order chi connectivity index (χ0) is 19.8. The van der Waals surface area contributed by atoms with Crippen molar-refractivity contribution in [2.45, 2.75) is 0 Å². The van der Waals surface area contributed by atoms with Crippen LogP contribution in [-0.4, -0.2) is 17.7 Å². The highest BCUT2D eigenvalue weighted by atomic mass is 127. The van der Waals surface area contributed by atoms with Gasteiger partial charge in [0.2, 0.25) is 0 Å². The topological polar surface area (TPSA) is 66.5 Å². The molecule has 4 rings (SSSR count). The molecule has 0 saturated carbocycles. The van der Waals surface area contributed by atoms with E-state index >= 15 is 0 Å². The minimum Gasteiger partial charge on any atom is -0.322 e. The number of anilines is 2. The average molecular weight is 547 g/mol. The monoisotopic (exact) mass is 546 g/mol. The van der Waals surface area contributed by atoms with Crippen molar-refractivity contribution >= 4 is 67.6 Å². The number of benzene rings is 3. The highest BCUT2D eigenvalue weighted by Gasteiger charge is 2.37. The molecule has 1 N–H and O–H groups in total. The number of imide groups is 1. The van der Waals surface area contributed by atoms with Gasteiger partial charge < -0.3 is 5.32 Å². The van der Waals surface area contributed by atoms with Crippen molar-refractivity contribution in [1.82, 2.24) is 0 Å². The molecule has 0 aromatic heterocycles. The number of fused-ring (bicyclic) bond motifs is 1. The average Bonchev–Trinajstić information content (AvgIpc) is 2.94. The highest BCUT2D eigenvalue weighted by molar-refractivity contribution is 14.1. The summed E-state index contributed by atoms with van der Waals surface area (Å²) in [6, 6.07) is 18.8. The fourth-order valence-electron chi connectivity index (χ4n) is 2.94. The van der Waals surface area contributed by atoms with E-state index in [0.29, 0.717) is 22.5 Å². The molecule has 0 aliphatic carbocycles. The molecule has 3 amide bonds. The van der Waals surface area contributed by atoms with Crippen molar-refractivity contribution in [3.05, 3.63) is 91.5 Å². The first-order valence-electron chi connectivity index (χ1n) is 8.29. The van der Waals surface area contributed by atoms with E-state index in [4.69, 9.17) is 0 Å². The largest absolute Gasteiger partial charge is 0.322 e. The summed E-state index contributed by atoms with van der Waals surface area (Å²) in [6.45, 7) is 0. The molecule has 0 spiro atoms. The Morgan fingerprint density at radius 2 is 1.50 bits per heavy atom. The van der Waals surface area contributed by atoms with E-state index in [-0.39, 0.29) is 11.5 Å². The molecular formula is C21H12BrIN2O3. The molecule has 0 unspecified atom stereocenters. The highest BCUT2D eigenvalue weighted by Crippen LogP contribution is 2.30. The second-order valence-electron chi connectivity index (χ2n) is 6.14. The first-order valence-corrected chi connectivity index (χ1v) is 10.2. The van der Waals surface area contributed by atoms with Gasteiger partial charge in [-0.05, 0) is 89.3 Å². The van der Waals surface area contributed by atoms with Gasteiger partial charge in [-0.25, -0.2) is 4.90 Å². The lowest BCUT2D eigenvalue weighted by atomic mass is 10.1. The summed E-state index contributed by atoms with van der Waals surface area (Å²) in [7, 11) is 0. The SMILES string of the molecule is O=C(Nc1ccc(I)cc1)c1ccc2c(c1)C(=O)N(c1ccc(Br)cc1)C2=O. The quantitative estimate of drug-likeness (QED) is 0.367. The number of hydrogen-bond donors (Lipinski definition) is 1. The molecule has 1 aliphatic heterocycles. The first kappa shape index (κ1) is 18.8. The Labute approximate surface area is 183 Å². The Bertz CT molecular complexity index is 1110. The van der Waals surface area contributed by atoms with Crippen LogP contribution < -0.4 is 10.2 Å². The van der Waals surface area contributed by atoms with Crippen LogP contribution in [0.15, 0.2) is 71.2 Å². The van der Waals surface area contributed by atoms with Gasteiger partial charge in [-0.15, -0.1) is 0 Å². The van der Waals surface area contributed by atoms with Gasteiger partial charge in [0.15, 0.2) is 0 Å². The molecule has 7 heteroatoms. The van der Waals surface area contributed by atoms with Gasteiger partial charge in [-0.1, -0.05) is 15.9 Å². The number of carbonyl (C=O) groups is 3. The van der Waals surface area contributed by atoms with Crippen molar-refractivity contribution in [3.63, 3.8) is 0 Å². The predicted octanol–water partition coefficient (Wildman–Crippen LogP) is 5.11. The summed E-state index contributed by atoms with van der Waals surface area (Å²) in [5.74, 6) is -1.18. The number of amides is 3. The molecule has 5 nitrogen and oxygen atoms in total. The molecule has 0 bridgehead atoms. The van der Waals surface area contributed by atoms with E-state index in [9.17, 15) is 14.4 Å². The lowest BCUT2D eigenvalue weighted by Crippen LogP contribution is -2.29. The van der Waals surface area contributed by atoms with Crippen molar-refractivity contribution in [1.29, 1.82) is 0 Å². The van der Waals surface area contributed by atoms with Crippen LogP contribution in [0.5, 0.6) is 0 Å². The van der Waals surface area contributed by atoms with Crippen molar-refractivity contribution in [3.8, 4) is 0 Å². The van der Waals surface area contributed by atoms with Crippen LogP contribution in [0.1, 0.15) is 31.1 Å². The van der Waals surface area contributed by atoms with E-state index in [1.165, 1.54) is 12.1 Å². The normalized spacial score (nSPS) is 12.9. The fraction of sp³-hybridized carbons (Fsp3) is 0. The van der Waals surface area contributed by atoms with Gasteiger partial charge >= 0.3 is 0 Å². The number of rotatable bonds is 3. The Balaban J connectivity index is 1.62. The van der Waals surface area contributed by atoms with E-state index in [2.05, 4.69) is 43.8 Å². The smallest absolute Gasteiger partial charge is 0.266 e. The van der Waals surface area contributed by atoms with Crippen molar-refractivity contribution < 1.29 is 14.4 Å². The Hall–Kier alpha value is -2.52. The Morgan fingerprint density at radius 1 is 0.857 bits per heavy atom. The second kappa shape index (κ2) is 7.48. The van der Waals surface area contributed by atoms with Crippen LogP contribution in [0.2, 0.25) is 0 Å². The summed E-state index contributed by atoms with van der Waals surface area (Å²) >= 11 is 5.52. The maximum Gasteiger partial charge on any atom is 0.266 e. The van der Waals surface area contributed by atoms with Crippen LogP contribution in [0.4, 0.5) is 11.4 Å². The third kappa shape index (κ3) is 3.47. The summed E-state index contributed by atoms with van der Waals surface area (Å²) < 4.78 is 1.91. The molecule has 0 radical (unpaired) electrons. The maximum absolute atomic E-state index is 12.8. The summed E-state index contributed by atoms with van der Waals surface area (Å²) in [4.78, 5) is 39.2. The van der Waals surface area contributed by atoms with Gasteiger partial charge in [0.05, 0.1) is 16.8 Å². The molecule has 1 aliphatic rings. The number of nitrogens with one attached hydrogen (secondary N) is 1. The standard InChI is InChI=1S/C21H12BrIN2O3/c22-13-2-8-16(9-3-13)25-20(27)17-10-1-12(11-18(17)21(25)28)19(26)24-15-6-4-14(23)5-7-15/h1-11H,(H,24,26). The molecule has 138 valence electrons. The zero-order valence-corrected chi connectivity index (χ0v) is 18.0. The van der Waals surface area contributed by atoms with Crippen molar-refractivity contribution in [2.24, 2.45) is 0 Å². The van der Waals surface area contributed by atoms with Crippen molar-refractivity contribution in [2.75, 3.05) is 10.2 Å². The van der Waals surface area contributed by atoms with E-state index in [1.54, 1.807) is 42.5 Å². The number of carbonyl (C=O) groups excluding carboxylic acids is 3. The third-order valence-electron chi connectivity index (χ3n) is 4.34. The molecule has 0 atom stereocenters. The van der Waals surface area contributed by atoms with Gasteiger partial charge in [0.25, 0.3) is 17.7 Å². The third-order valence-corrected chi connectivity index (χ3v) is 5.58. The summed E-state index contributed by atoms with van der Waals surface area (Å²) in [5, 5.41) is 2.79. The molecule has 3 aromatic carbocycles. The second-order valence-corrected chi connectivity index (χ2v) is 8.30. The fourth-order valence-corrected chi connectivity index (χ4v) is 3.57. The summed E-state index contributed by atoms with van der Waals surface area (Å²) in [5.41, 5.74) is 1.97. The Kier molecular flexibility index (Phi) is 5.03. The molecular weight excluding hydrogens is 535 g/mol. The van der Waals surface area contributed by atoms with Crippen LogP contribution in [0.3, 0.4) is 0 Å².